The quantitative estimate of drug-likeness (QED) is 0.279. The van der Waals surface area contributed by atoms with Gasteiger partial charge in [-0.3, -0.25) is 9.99 Å². The van der Waals surface area contributed by atoms with Crippen LogP contribution < -0.4 is 21.6 Å². The van der Waals surface area contributed by atoms with Gasteiger partial charge in [0.1, 0.15) is 31.5 Å². The van der Waals surface area contributed by atoms with Crippen LogP contribution in [-0.4, -0.2) is 35.9 Å². The lowest BCUT2D eigenvalue weighted by Gasteiger charge is -2.24. The minimum absolute atomic E-state index is 0.0822. The Morgan fingerprint density at radius 3 is 2.37 bits per heavy atom. The third kappa shape index (κ3) is 6.14. The molecule has 0 amide bonds. The van der Waals surface area contributed by atoms with Gasteiger partial charge in [-0.1, -0.05) is 32.9 Å². The fourth-order valence-corrected chi connectivity index (χ4v) is 4.55. The molecule has 210 valence electrons. The zero-order valence-corrected chi connectivity index (χ0v) is 23.3. The number of hydrazine groups is 2. The molecule has 0 fully saturated rings. The molecule has 0 bridgehead atoms. The molecule has 0 unspecified atom stereocenters. The second kappa shape index (κ2) is 12.1. The molecule has 11 heteroatoms. The first kappa shape index (κ1) is 29.1. The summed E-state index contributed by atoms with van der Waals surface area (Å²) in [6.07, 6.45) is 3.04. The first-order valence-corrected chi connectivity index (χ1v) is 13.0. The van der Waals surface area contributed by atoms with Gasteiger partial charge in [-0.15, -0.1) is 5.53 Å². The van der Waals surface area contributed by atoms with Crippen LogP contribution in [0.4, 0.5) is 20.2 Å². The summed E-state index contributed by atoms with van der Waals surface area (Å²) < 4.78 is 26.9. The average Bonchev–Trinajstić information content (AvgIpc) is 3.44. The van der Waals surface area contributed by atoms with Crippen molar-refractivity contribution in [1.82, 2.24) is 21.0 Å². The van der Waals surface area contributed by atoms with Crippen LogP contribution in [0, 0.1) is 46.3 Å². The molecule has 0 saturated heterocycles. The molecule has 0 saturated carbocycles. The third-order valence-electron chi connectivity index (χ3n) is 6.79. The molecule has 4 N–H and O–H groups in total. The molecular formula is C30H31F2N9. The predicted molar refractivity (Wildman–Crippen MR) is 153 cm³/mol. The number of rotatable bonds is 9. The van der Waals surface area contributed by atoms with Gasteiger partial charge in [0.2, 0.25) is 0 Å². The monoisotopic (exact) mass is 555 g/mol. The number of nitriles is 3. The van der Waals surface area contributed by atoms with E-state index in [-0.39, 0.29) is 5.41 Å². The van der Waals surface area contributed by atoms with E-state index >= 15 is 0 Å². The van der Waals surface area contributed by atoms with Crippen molar-refractivity contribution in [2.24, 2.45) is 5.41 Å². The van der Waals surface area contributed by atoms with Crippen LogP contribution in [0.2, 0.25) is 0 Å². The molecule has 1 atom stereocenters. The first-order chi connectivity index (χ1) is 19.6. The van der Waals surface area contributed by atoms with Crippen molar-refractivity contribution in [3.8, 4) is 18.2 Å². The van der Waals surface area contributed by atoms with Crippen molar-refractivity contribution < 1.29 is 8.78 Å². The number of anilines is 2. The summed E-state index contributed by atoms with van der Waals surface area (Å²) in [6.45, 7) is 6.82. The Morgan fingerprint density at radius 1 is 1.02 bits per heavy atom. The van der Waals surface area contributed by atoms with E-state index in [0.29, 0.717) is 51.2 Å². The van der Waals surface area contributed by atoms with Gasteiger partial charge in [0, 0.05) is 30.0 Å². The van der Waals surface area contributed by atoms with Gasteiger partial charge in [0.15, 0.2) is 0 Å². The molecule has 9 nitrogen and oxygen atoms in total. The van der Waals surface area contributed by atoms with Crippen molar-refractivity contribution in [3.05, 3.63) is 76.2 Å². The van der Waals surface area contributed by atoms with Crippen LogP contribution in [0.25, 0.3) is 10.9 Å². The second-order valence-corrected chi connectivity index (χ2v) is 11.0. The van der Waals surface area contributed by atoms with Gasteiger partial charge < -0.3 is 16.1 Å². The Bertz CT molecular complexity index is 1600. The highest BCUT2D eigenvalue weighted by molar-refractivity contribution is 5.99. The van der Waals surface area contributed by atoms with Crippen molar-refractivity contribution in [1.29, 1.82) is 15.8 Å². The zero-order valence-electron chi connectivity index (χ0n) is 23.3. The Labute approximate surface area is 238 Å². The van der Waals surface area contributed by atoms with Crippen LogP contribution in [0.5, 0.6) is 0 Å². The van der Waals surface area contributed by atoms with Crippen LogP contribution >= 0.6 is 0 Å². The number of fused-ring (bicyclic) bond motifs is 1. The van der Waals surface area contributed by atoms with E-state index in [9.17, 15) is 24.6 Å². The summed E-state index contributed by atoms with van der Waals surface area (Å²) in [4.78, 5) is 4.41. The standard InChI is InChI=1S/C30H31F2N9/c1-18-19(12-33)6-5-7-24(18)29(26-16-41(40-39-26)23(10-31)11-32)38-22-8-20(13-34)27-25(9-22)28(21(14-35)15-36-27)37-17-30(2,3)4/h5-9,15-16,23,29,38-40H,10-11,17H2,1-4H3,(H,36,37)/t29-/m0/s1. The van der Waals surface area contributed by atoms with E-state index in [1.165, 1.54) is 11.2 Å². The molecule has 1 aliphatic rings. The molecule has 1 aliphatic heterocycles. The Balaban J connectivity index is 1.87. The maximum atomic E-state index is 13.4. The van der Waals surface area contributed by atoms with Crippen molar-refractivity contribution in [2.75, 3.05) is 30.5 Å². The van der Waals surface area contributed by atoms with Crippen LogP contribution in [-0.2, 0) is 0 Å². The molecule has 2 aromatic carbocycles. The molecule has 2 heterocycles. The van der Waals surface area contributed by atoms with Gasteiger partial charge in [0.25, 0.3) is 0 Å². The Morgan fingerprint density at radius 2 is 1.73 bits per heavy atom. The molecule has 0 aliphatic carbocycles. The number of aromatic nitrogens is 1. The van der Waals surface area contributed by atoms with Gasteiger partial charge in [-0.05, 0) is 41.7 Å². The molecule has 3 aromatic rings. The third-order valence-corrected chi connectivity index (χ3v) is 6.79. The number of pyridine rings is 1. The fourth-order valence-electron chi connectivity index (χ4n) is 4.55. The van der Waals surface area contributed by atoms with E-state index < -0.39 is 25.4 Å². The summed E-state index contributed by atoms with van der Waals surface area (Å²) >= 11 is 0. The van der Waals surface area contributed by atoms with E-state index in [1.807, 2.05) is 19.1 Å². The molecule has 0 spiro atoms. The highest BCUT2D eigenvalue weighted by Crippen LogP contribution is 2.35. The number of halogens is 2. The maximum Gasteiger partial charge on any atom is 0.114 e. The Kier molecular flexibility index (Phi) is 8.56. The largest absolute Gasteiger partial charge is 0.383 e. The summed E-state index contributed by atoms with van der Waals surface area (Å²) in [5.74, 6) is 0. The van der Waals surface area contributed by atoms with Crippen LogP contribution in [0.1, 0.15) is 54.6 Å². The minimum Gasteiger partial charge on any atom is -0.383 e. The lowest BCUT2D eigenvalue weighted by atomic mass is 9.94. The minimum atomic E-state index is -1.02. The molecule has 4 rings (SSSR count). The van der Waals surface area contributed by atoms with E-state index in [2.05, 4.69) is 65.6 Å². The van der Waals surface area contributed by atoms with Crippen molar-refractivity contribution in [2.45, 2.75) is 39.8 Å². The lowest BCUT2D eigenvalue weighted by Crippen LogP contribution is -2.45. The smallest absolute Gasteiger partial charge is 0.114 e. The molecule has 41 heavy (non-hydrogen) atoms. The highest BCUT2D eigenvalue weighted by atomic mass is 19.1. The van der Waals surface area contributed by atoms with Crippen molar-refractivity contribution in [3.63, 3.8) is 0 Å². The maximum absolute atomic E-state index is 13.4. The number of hydrogen-bond donors (Lipinski definition) is 4. The van der Waals surface area contributed by atoms with Gasteiger partial charge in [0.05, 0.1) is 45.7 Å². The number of benzene rings is 2. The van der Waals surface area contributed by atoms with E-state index in [1.54, 1.807) is 24.4 Å². The normalized spacial score (nSPS) is 13.7. The molecular weight excluding hydrogens is 524 g/mol. The lowest BCUT2D eigenvalue weighted by molar-refractivity contribution is 0.139. The van der Waals surface area contributed by atoms with Crippen LogP contribution in [0.15, 0.2) is 48.4 Å². The fraction of sp³-hybridized carbons (Fsp3) is 0.333. The number of nitrogens with zero attached hydrogens (tertiary/aromatic N) is 5. The number of alkyl halides is 2. The zero-order chi connectivity index (χ0) is 29.7. The molecule has 1 aromatic heterocycles. The highest BCUT2D eigenvalue weighted by Gasteiger charge is 2.28. The van der Waals surface area contributed by atoms with E-state index in [4.69, 9.17) is 0 Å². The topological polar surface area (TPSA) is 136 Å². The second-order valence-electron chi connectivity index (χ2n) is 11.0. The summed E-state index contributed by atoms with van der Waals surface area (Å²) in [6, 6.07) is 13.8. The SMILES string of the molecule is Cc1c(C#N)cccc1[C@H](Nc1cc(C#N)c2ncc(C#N)c(NCC(C)(C)C)c2c1)C1=CN(C(CF)CF)NN1. The van der Waals surface area contributed by atoms with Crippen molar-refractivity contribution >= 4 is 22.3 Å². The summed E-state index contributed by atoms with van der Waals surface area (Å²) in [5, 5.41) is 38.2. The molecule has 0 radical (unpaired) electrons. The first-order valence-electron chi connectivity index (χ1n) is 13.0. The average molecular weight is 556 g/mol. The van der Waals surface area contributed by atoms with E-state index in [0.717, 1.165) is 11.1 Å². The summed E-state index contributed by atoms with van der Waals surface area (Å²) in [5.41, 5.74) is 10.4. The number of nitrogens with one attached hydrogen (secondary N) is 4. The van der Waals surface area contributed by atoms with Crippen LogP contribution in [0.3, 0.4) is 0 Å². The van der Waals surface area contributed by atoms with Gasteiger partial charge in [-0.25, -0.2) is 8.78 Å². The summed E-state index contributed by atoms with van der Waals surface area (Å²) in [7, 11) is 0. The number of hydrogen-bond acceptors (Lipinski definition) is 9. The van der Waals surface area contributed by atoms with Gasteiger partial charge in [-0.2, -0.15) is 15.8 Å². The Hall–Kier alpha value is -4.92. The predicted octanol–water partition coefficient (Wildman–Crippen LogP) is 5.24. The van der Waals surface area contributed by atoms with Gasteiger partial charge >= 0.3 is 0 Å².